The average molecular weight is 554 g/mol. The standard InChI is InChI=1S/C31H31N5O3S/c1-19-7-6-8-22(15-19)33-28(37)12-14-35-30(29(34-31(35)40)25-9-4-5-13-32-25)24-16-20(2)36(21(24)3)23-10-11-26-27(17-23)39-18-38-26/h4-11,13,15-17,29-30H,12,14,18H2,1-3H3,(H,33,37)(H,34,40)/t29-,30+/m1/s1. The Balaban J connectivity index is 1.32. The first-order valence-corrected chi connectivity index (χ1v) is 13.7. The first kappa shape index (κ1) is 25.9. The topological polar surface area (TPSA) is 80.7 Å². The van der Waals surface area contributed by atoms with Gasteiger partial charge in [-0.25, -0.2) is 0 Å². The number of aromatic nitrogens is 2. The van der Waals surface area contributed by atoms with Crippen LogP contribution in [0, 0.1) is 20.8 Å². The van der Waals surface area contributed by atoms with Gasteiger partial charge in [-0.2, -0.15) is 0 Å². The maximum Gasteiger partial charge on any atom is 0.231 e. The van der Waals surface area contributed by atoms with Crippen molar-refractivity contribution in [2.75, 3.05) is 18.7 Å². The highest BCUT2D eigenvalue weighted by molar-refractivity contribution is 7.80. The summed E-state index contributed by atoms with van der Waals surface area (Å²) in [5.41, 5.74) is 7.08. The van der Waals surface area contributed by atoms with Crippen LogP contribution in [0.3, 0.4) is 0 Å². The molecule has 0 unspecified atom stereocenters. The van der Waals surface area contributed by atoms with Crippen molar-refractivity contribution < 1.29 is 14.3 Å². The summed E-state index contributed by atoms with van der Waals surface area (Å²) in [6.45, 7) is 6.91. The number of benzene rings is 2. The van der Waals surface area contributed by atoms with Gasteiger partial charge in [0.15, 0.2) is 16.6 Å². The molecule has 1 fully saturated rings. The molecule has 0 aliphatic carbocycles. The number of pyridine rings is 1. The molecule has 0 radical (unpaired) electrons. The first-order chi connectivity index (χ1) is 19.4. The van der Waals surface area contributed by atoms with Crippen LogP contribution in [-0.4, -0.2) is 38.8 Å². The SMILES string of the molecule is Cc1cccc(NC(=O)CCN2C(=S)N[C@H](c3ccccn3)[C@@H]2c2cc(C)n(-c3ccc4c(c3)OCO4)c2C)c1. The van der Waals surface area contributed by atoms with E-state index in [0.29, 0.717) is 18.1 Å². The number of carbonyl (C=O) groups is 1. The predicted octanol–water partition coefficient (Wildman–Crippen LogP) is 5.53. The highest BCUT2D eigenvalue weighted by atomic mass is 32.1. The van der Waals surface area contributed by atoms with Gasteiger partial charge in [0.1, 0.15) is 0 Å². The zero-order valence-electron chi connectivity index (χ0n) is 22.7. The molecule has 8 nitrogen and oxygen atoms in total. The second-order valence-corrected chi connectivity index (χ2v) is 10.6. The maximum absolute atomic E-state index is 12.9. The molecule has 1 amide bonds. The van der Waals surface area contributed by atoms with E-state index in [0.717, 1.165) is 51.1 Å². The monoisotopic (exact) mass is 553 g/mol. The summed E-state index contributed by atoms with van der Waals surface area (Å²) in [6.07, 6.45) is 2.09. The molecule has 0 saturated carbocycles. The minimum atomic E-state index is -0.167. The molecule has 2 aliphatic rings. The molecule has 204 valence electrons. The van der Waals surface area contributed by atoms with E-state index in [1.165, 1.54) is 0 Å². The number of amides is 1. The van der Waals surface area contributed by atoms with Crippen molar-refractivity contribution in [3.63, 3.8) is 0 Å². The summed E-state index contributed by atoms with van der Waals surface area (Å²) >= 11 is 5.84. The second kappa shape index (κ2) is 10.7. The Bertz CT molecular complexity index is 1590. The van der Waals surface area contributed by atoms with E-state index in [1.807, 2.05) is 67.6 Å². The number of thiocarbonyl (C=S) groups is 1. The molecule has 6 rings (SSSR count). The molecule has 2 aromatic heterocycles. The minimum absolute atomic E-state index is 0.0562. The van der Waals surface area contributed by atoms with E-state index in [1.54, 1.807) is 6.20 Å². The smallest absolute Gasteiger partial charge is 0.231 e. The molecular formula is C31H31N5O3S. The molecule has 4 heterocycles. The molecular weight excluding hydrogens is 522 g/mol. The van der Waals surface area contributed by atoms with Crippen molar-refractivity contribution in [3.8, 4) is 17.2 Å². The molecule has 40 heavy (non-hydrogen) atoms. The lowest BCUT2D eigenvalue weighted by Gasteiger charge is -2.28. The van der Waals surface area contributed by atoms with Crippen LogP contribution in [-0.2, 0) is 4.79 Å². The van der Waals surface area contributed by atoms with E-state index in [-0.39, 0.29) is 24.8 Å². The highest BCUT2D eigenvalue weighted by Gasteiger charge is 2.41. The predicted molar refractivity (Wildman–Crippen MR) is 158 cm³/mol. The van der Waals surface area contributed by atoms with Gasteiger partial charge < -0.3 is 29.6 Å². The number of carbonyl (C=O) groups excluding carboxylic acids is 1. The van der Waals surface area contributed by atoms with Gasteiger partial charge >= 0.3 is 0 Å². The van der Waals surface area contributed by atoms with Gasteiger partial charge in [0.2, 0.25) is 12.7 Å². The summed E-state index contributed by atoms with van der Waals surface area (Å²) in [5, 5.41) is 7.12. The molecule has 0 bridgehead atoms. The van der Waals surface area contributed by atoms with Crippen LogP contribution in [0.25, 0.3) is 5.69 Å². The number of anilines is 1. The molecule has 2 atom stereocenters. The van der Waals surface area contributed by atoms with Crippen LogP contribution in [0.2, 0.25) is 0 Å². The van der Waals surface area contributed by atoms with Crippen molar-refractivity contribution in [1.82, 2.24) is 19.8 Å². The summed E-state index contributed by atoms with van der Waals surface area (Å²) in [5.74, 6) is 1.43. The van der Waals surface area contributed by atoms with Crippen LogP contribution in [0.1, 0.15) is 46.7 Å². The average Bonchev–Trinajstić information content (AvgIpc) is 3.62. The third kappa shape index (κ3) is 4.88. The van der Waals surface area contributed by atoms with Crippen molar-refractivity contribution in [2.45, 2.75) is 39.3 Å². The van der Waals surface area contributed by atoms with Gasteiger partial charge in [0, 0.05) is 48.0 Å². The van der Waals surface area contributed by atoms with Gasteiger partial charge in [-0.1, -0.05) is 18.2 Å². The van der Waals surface area contributed by atoms with Crippen molar-refractivity contribution in [3.05, 3.63) is 101 Å². The van der Waals surface area contributed by atoms with Crippen LogP contribution >= 0.6 is 12.2 Å². The summed E-state index contributed by atoms with van der Waals surface area (Å²) < 4.78 is 13.4. The number of fused-ring (bicyclic) bond motifs is 1. The number of aryl methyl sites for hydroxylation is 2. The third-order valence-electron chi connectivity index (χ3n) is 7.48. The van der Waals surface area contributed by atoms with E-state index in [4.69, 9.17) is 21.7 Å². The van der Waals surface area contributed by atoms with Gasteiger partial charge in [0.25, 0.3) is 0 Å². The molecule has 2 aliphatic heterocycles. The fraction of sp³-hybridized carbons (Fsp3) is 0.258. The zero-order valence-corrected chi connectivity index (χ0v) is 23.5. The number of hydrogen-bond acceptors (Lipinski definition) is 5. The van der Waals surface area contributed by atoms with E-state index >= 15 is 0 Å². The van der Waals surface area contributed by atoms with Crippen molar-refractivity contribution in [2.24, 2.45) is 0 Å². The lowest BCUT2D eigenvalue weighted by molar-refractivity contribution is -0.116. The van der Waals surface area contributed by atoms with E-state index in [2.05, 4.69) is 45.0 Å². The van der Waals surface area contributed by atoms with Crippen LogP contribution in [0.4, 0.5) is 5.69 Å². The van der Waals surface area contributed by atoms with Gasteiger partial charge in [-0.3, -0.25) is 9.78 Å². The molecule has 2 aromatic carbocycles. The number of hydrogen-bond donors (Lipinski definition) is 2. The van der Waals surface area contributed by atoms with Crippen LogP contribution in [0.5, 0.6) is 11.5 Å². The minimum Gasteiger partial charge on any atom is -0.454 e. The molecule has 4 aromatic rings. The van der Waals surface area contributed by atoms with Crippen molar-refractivity contribution in [1.29, 1.82) is 0 Å². The van der Waals surface area contributed by atoms with Gasteiger partial charge in [-0.15, -0.1) is 0 Å². The maximum atomic E-state index is 12.9. The largest absolute Gasteiger partial charge is 0.454 e. The number of nitrogens with zero attached hydrogens (tertiary/aromatic N) is 3. The Morgan fingerprint density at radius 2 is 1.90 bits per heavy atom. The van der Waals surface area contributed by atoms with E-state index < -0.39 is 0 Å². The van der Waals surface area contributed by atoms with Crippen LogP contribution in [0.15, 0.2) is 72.9 Å². The third-order valence-corrected chi connectivity index (χ3v) is 7.84. The Hall–Kier alpha value is -4.37. The number of nitrogens with one attached hydrogen (secondary N) is 2. The van der Waals surface area contributed by atoms with Gasteiger partial charge in [0.05, 0.1) is 17.8 Å². The fourth-order valence-corrected chi connectivity index (χ4v) is 5.99. The normalized spacial score (nSPS) is 17.7. The van der Waals surface area contributed by atoms with Crippen molar-refractivity contribution >= 4 is 28.9 Å². The fourth-order valence-electron chi connectivity index (χ4n) is 5.66. The summed E-state index contributed by atoms with van der Waals surface area (Å²) in [6, 6.07) is 21.6. The molecule has 1 saturated heterocycles. The summed E-state index contributed by atoms with van der Waals surface area (Å²) in [7, 11) is 0. The molecule has 0 spiro atoms. The highest BCUT2D eigenvalue weighted by Crippen LogP contribution is 2.42. The Morgan fingerprint density at radius 3 is 2.70 bits per heavy atom. The van der Waals surface area contributed by atoms with E-state index in [9.17, 15) is 4.79 Å². The first-order valence-electron chi connectivity index (χ1n) is 13.3. The number of rotatable bonds is 7. The summed E-state index contributed by atoms with van der Waals surface area (Å²) in [4.78, 5) is 19.7. The second-order valence-electron chi connectivity index (χ2n) is 10.2. The molecule has 9 heteroatoms. The zero-order chi connectivity index (χ0) is 27.8. The lowest BCUT2D eigenvalue weighted by atomic mass is 9.96. The molecule has 2 N–H and O–H groups in total. The Labute approximate surface area is 238 Å². The van der Waals surface area contributed by atoms with Crippen LogP contribution < -0.4 is 20.1 Å². The Morgan fingerprint density at radius 1 is 1.05 bits per heavy atom. The van der Waals surface area contributed by atoms with Gasteiger partial charge in [-0.05, 0) is 86.6 Å². The quantitative estimate of drug-likeness (QED) is 0.292. The Kier molecular flexibility index (Phi) is 6.89. The number of ether oxygens (including phenoxy) is 2. The lowest BCUT2D eigenvalue weighted by Crippen LogP contribution is -2.32.